The first-order valence-corrected chi connectivity index (χ1v) is 28.9. The van der Waals surface area contributed by atoms with Crippen LogP contribution in [0.2, 0.25) is 0 Å². The van der Waals surface area contributed by atoms with Crippen molar-refractivity contribution in [2.45, 2.75) is 165 Å². The molecule has 2 atom stereocenters. The lowest BCUT2D eigenvalue weighted by Crippen LogP contribution is -2.31. The Morgan fingerprint density at radius 3 is 1.52 bits per heavy atom. The number of H-pyrrole nitrogens is 3. The predicted molar refractivity (Wildman–Crippen MR) is 328 cm³/mol. The minimum atomic E-state index is -0.922. The van der Waals surface area contributed by atoms with Crippen LogP contribution in [0.15, 0.2) is 103 Å². The monoisotopic (exact) mass is 1170 g/mol. The number of hydrogen-bond acceptors (Lipinski definition) is 9. The van der Waals surface area contributed by atoms with Crippen molar-refractivity contribution in [3.05, 3.63) is 166 Å². The fourth-order valence-corrected chi connectivity index (χ4v) is 12.1. The van der Waals surface area contributed by atoms with Crippen LogP contribution in [0.1, 0.15) is 167 Å². The number of carbonyl (C=O) groups is 8. The Hall–Kier alpha value is -9.33. The minimum absolute atomic E-state index is 0.0459. The van der Waals surface area contributed by atoms with Crippen molar-refractivity contribution in [2.24, 2.45) is 4.99 Å². The minimum Gasteiger partial charge on any atom is -0.481 e. The maximum atomic E-state index is 12.4. The van der Waals surface area contributed by atoms with Gasteiger partial charge in [0.1, 0.15) is 0 Å². The lowest BCUT2D eigenvalue weighted by molar-refractivity contribution is -0.138. The molecule has 0 radical (unpaired) electrons. The molecular weight excluding hydrogens is 1100 g/mol. The van der Waals surface area contributed by atoms with Gasteiger partial charge in [0.05, 0.1) is 23.5 Å². The van der Waals surface area contributed by atoms with Crippen LogP contribution in [-0.2, 0) is 70.5 Å². The van der Waals surface area contributed by atoms with Crippen molar-refractivity contribution in [3.63, 3.8) is 0 Å². The van der Waals surface area contributed by atoms with Gasteiger partial charge < -0.3 is 56.6 Å². The highest BCUT2D eigenvalue weighted by molar-refractivity contribution is 6.07. The summed E-state index contributed by atoms with van der Waals surface area (Å²) in [7, 11) is 0. The number of nitrogens with zero attached hydrogens (tertiary/aromatic N) is 1. The third-order valence-corrected chi connectivity index (χ3v) is 17.2. The molecule has 3 aromatic heterocycles. The maximum absolute atomic E-state index is 12.4. The molecule has 5 aliphatic rings. The molecule has 0 saturated carbocycles. The van der Waals surface area contributed by atoms with Gasteiger partial charge in [0.25, 0.3) is 11.8 Å². The van der Waals surface area contributed by atoms with Gasteiger partial charge in [-0.25, -0.2) is 0 Å². The van der Waals surface area contributed by atoms with Gasteiger partial charge >= 0.3 is 23.9 Å². The van der Waals surface area contributed by atoms with Crippen molar-refractivity contribution in [3.8, 4) is 0 Å². The molecule has 4 amide bonds. The van der Waals surface area contributed by atoms with Gasteiger partial charge in [-0.05, 0) is 173 Å². The van der Waals surface area contributed by atoms with Crippen molar-refractivity contribution in [2.75, 3.05) is 0 Å². The number of aromatic nitrogens is 3. The Kier molecular flexibility index (Phi) is 20.3. The Labute approximate surface area is 500 Å². The molecule has 8 heterocycles. The van der Waals surface area contributed by atoms with Gasteiger partial charge in [-0.1, -0.05) is 39.2 Å². The fraction of sp³-hybridized carbons (Fsp3) is 0.379. The Morgan fingerprint density at radius 1 is 0.500 bits per heavy atom. The average molecular weight is 1180 g/mol. The van der Waals surface area contributed by atoms with E-state index >= 15 is 0 Å². The number of carboxylic acids is 4. The van der Waals surface area contributed by atoms with E-state index < -0.39 is 23.9 Å². The molecule has 0 fully saturated rings. The molecule has 8 rings (SSSR count). The van der Waals surface area contributed by atoms with Crippen LogP contribution in [-0.4, -0.2) is 101 Å². The smallest absolute Gasteiger partial charge is 0.303 e. The average Bonchev–Trinajstić information content (AvgIpc) is 2.80. The van der Waals surface area contributed by atoms with Gasteiger partial charge in [0.15, 0.2) is 0 Å². The summed E-state index contributed by atoms with van der Waals surface area (Å²) in [6, 6.07) is -0.314. The summed E-state index contributed by atoms with van der Waals surface area (Å²) in [6.45, 7) is 26.6. The van der Waals surface area contributed by atoms with Crippen LogP contribution in [0.3, 0.4) is 0 Å². The first-order chi connectivity index (χ1) is 40.7. The molecule has 20 nitrogen and oxygen atoms in total. The summed E-state index contributed by atoms with van der Waals surface area (Å²) in [4.78, 5) is 111. The molecule has 0 aromatic carbocycles. The second kappa shape index (κ2) is 27.1. The second-order valence-electron chi connectivity index (χ2n) is 22.3. The van der Waals surface area contributed by atoms with Gasteiger partial charge in [-0.15, -0.1) is 0 Å². The highest BCUT2D eigenvalue weighted by Crippen LogP contribution is 2.37. The van der Waals surface area contributed by atoms with E-state index in [1.165, 1.54) is 6.08 Å². The van der Waals surface area contributed by atoms with Crippen molar-refractivity contribution >= 4 is 71.4 Å². The molecule has 0 bridgehead atoms. The Morgan fingerprint density at radius 2 is 1.01 bits per heavy atom. The molecule has 5 aliphatic heterocycles. The summed E-state index contributed by atoms with van der Waals surface area (Å²) in [5, 5.41) is 49.6. The zero-order valence-electron chi connectivity index (χ0n) is 50.7. The fourth-order valence-electron chi connectivity index (χ4n) is 12.1. The lowest BCUT2D eigenvalue weighted by Gasteiger charge is -2.14. The quantitative estimate of drug-likeness (QED) is 0.0378. The van der Waals surface area contributed by atoms with Crippen LogP contribution < -0.4 is 21.3 Å². The zero-order chi connectivity index (χ0) is 63.2. The summed E-state index contributed by atoms with van der Waals surface area (Å²) in [5.74, 6) is -4.20. The summed E-state index contributed by atoms with van der Waals surface area (Å²) >= 11 is 0. The Balaban J connectivity index is 0.000000246. The van der Waals surface area contributed by atoms with Gasteiger partial charge in [0.2, 0.25) is 11.8 Å². The van der Waals surface area contributed by atoms with Gasteiger partial charge in [-0.2, -0.15) is 0 Å². The number of aromatic amines is 3. The molecule has 0 unspecified atom stereocenters. The van der Waals surface area contributed by atoms with Crippen LogP contribution >= 0.6 is 0 Å². The van der Waals surface area contributed by atoms with E-state index in [4.69, 9.17) is 4.99 Å². The molecule has 3 aromatic rings. The highest BCUT2D eigenvalue weighted by Gasteiger charge is 2.33. The standard InChI is InChI=1S/C33H42N4O6.C33H36N4O6/c2*1-7-20-19(6)32(42)37-27(20)14-25-18(5)23(10-12-31(40)41)29(35-25)15-28-22(9-11-30(38)39)17(4)24(34-28)13-26-16(3)21(8-2)33(43)36-26/h15,26-27,35H,7-14H2,1-6H3,(H,36,43)(H,37,42)(H,38,39)(H,40,41);7-8,13-14,34-35H,1-2,9-12,15H2,3-6H3,(H,36,43)(H,37,42)(H,38,39)(H,40,41)/b28-15-;26-13-,27-14-/t26-,27-;/m0./s1. The van der Waals surface area contributed by atoms with Crippen molar-refractivity contribution in [1.82, 2.24) is 36.2 Å². The summed E-state index contributed by atoms with van der Waals surface area (Å²) in [6.07, 6.45) is 12.4. The van der Waals surface area contributed by atoms with E-state index in [0.717, 1.165) is 119 Å². The van der Waals surface area contributed by atoms with E-state index in [-0.39, 0.29) is 74.2 Å². The van der Waals surface area contributed by atoms with Gasteiger partial charge in [-0.3, -0.25) is 43.3 Å². The zero-order valence-corrected chi connectivity index (χ0v) is 50.7. The third-order valence-electron chi connectivity index (χ3n) is 17.2. The Bertz CT molecular complexity index is 3720. The normalized spacial score (nSPS) is 19.1. The summed E-state index contributed by atoms with van der Waals surface area (Å²) < 4.78 is 0. The van der Waals surface area contributed by atoms with Crippen LogP contribution in [0.5, 0.6) is 0 Å². The van der Waals surface area contributed by atoms with Crippen LogP contribution in [0.25, 0.3) is 18.2 Å². The number of hydrogen-bond donors (Lipinski definition) is 11. The topological polar surface area (TPSA) is 325 Å². The number of carbonyl (C=O) groups excluding carboxylic acids is 4. The van der Waals surface area contributed by atoms with Crippen LogP contribution in [0.4, 0.5) is 0 Å². The number of amides is 4. The molecule has 0 aliphatic carbocycles. The molecule has 11 N–H and O–H groups in total. The number of aliphatic imine (C=N–C) groups is 1. The predicted octanol–water partition coefficient (Wildman–Crippen LogP) is 9.23. The second-order valence-corrected chi connectivity index (χ2v) is 22.3. The van der Waals surface area contributed by atoms with E-state index in [0.29, 0.717) is 72.3 Å². The number of aliphatic carboxylic acids is 4. The molecule has 86 heavy (non-hydrogen) atoms. The number of rotatable bonds is 25. The molecule has 0 spiro atoms. The molecular formula is C66H78N8O12. The highest BCUT2D eigenvalue weighted by atomic mass is 16.4. The lowest BCUT2D eigenvalue weighted by atomic mass is 9.95. The number of nitrogens with one attached hydrogen (secondary N) is 7. The van der Waals surface area contributed by atoms with Crippen molar-refractivity contribution < 1.29 is 58.8 Å². The largest absolute Gasteiger partial charge is 0.481 e. The SMILES string of the molecule is C=CC1=C(C)/C(=C/c2[nH]c(Cc3[nH]c(/C=C4\NC(=O)C(C)=C4C=C)c(C)c3CCC(=O)O)c(CCC(=O)O)c2C)NC1=O.CCC1=C(C)[C@H](CC2=N/C(=C\c3[nH]c(C[C@@H]4NC(=O)C(C)=C4CC)c(C)c3CCC(=O)O)C(CCC(=O)O)=C2C)NC1=O. The number of allylic oxidation sites excluding steroid dienone is 4. The van der Waals surface area contributed by atoms with Crippen molar-refractivity contribution in [1.29, 1.82) is 0 Å². The van der Waals surface area contributed by atoms with E-state index in [2.05, 4.69) is 49.4 Å². The first-order valence-electron chi connectivity index (χ1n) is 28.9. The van der Waals surface area contributed by atoms with E-state index in [1.807, 2.05) is 80.5 Å². The number of carboxylic acid groups (broad SMARTS) is 4. The first kappa shape index (κ1) is 64.2. The van der Waals surface area contributed by atoms with Gasteiger partial charge in [0, 0.05) is 118 Å². The summed E-state index contributed by atoms with van der Waals surface area (Å²) in [5.41, 5.74) is 20.4. The van der Waals surface area contributed by atoms with Crippen LogP contribution in [0, 0.1) is 20.8 Å². The maximum Gasteiger partial charge on any atom is 0.303 e. The molecule has 0 saturated heterocycles. The van der Waals surface area contributed by atoms with E-state index in [9.17, 15) is 58.8 Å². The third kappa shape index (κ3) is 13.9. The van der Waals surface area contributed by atoms with E-state index in [1.54, 1.807) is 13.0 Å². The molecule has 20 heteroatoms. The molecule has 454 valence electrons.